The van der Waals surface area contributed by atoms with Crippen LogP contribution < -0.4 is 5.73 Å². The van der Waals surface area contributed by atoms with Crippen LogP contribution in [0.4, 0.5) is 0 Å². The van der Waals surface area contributed by atoms with Gasteiger partial charge in [0.1, 0.15) is 6.61 Å². The van der Waals surface area contributed by atoms with Gasteiger partial charge in [0.15, 0.2) is 0 Å². The highest BCUT2D eigenvalue weighted by Crippen LogP contribution is 1.93. The molecule has 0 unspecified atom stereocenters. The fraction of sp³-hybridized carbons (Fsp3) is 0.462. The molecule has 0 radical (unpaired) electrons. The number of primary amides is 1. The van der Waals surface area contributed by atoms with E-state index in [-0.39, 0.29) is 6.61 Å². The van der Waals surface area contributed by atoms with Crippen LogP contribution in [0.3, 0.4) is 0 Å². The van der Waals surface area contributed by atoms with Crippen LogP contribution in [0.15, 0.2) is 36.4 Å². The molecule has 90 valence electrons. The van der Waals surface area contributed by atoms with E-state index in [4.69, 9.17) is 10.5 Å². The summed E-state index contributed by atoms with van der Waals surface area (Å²) < 4.78 is 4.92. The van der Waals surface area contributed by atoms with Crippen molar-refractivity contribution in [2.45, 2.75) is 26.2 Å². The first-order valence-electron chi connectivity index (χ1n) is 5.63. The van der Waals surface area contributed by atoms with Crippen LogP contribution in [0.1, 0.15) is 26.2 Å². The molecule has 0 spiro atoms. The summed E-state index contributed by atoms with van der Waals surface area (Å²) in [6.45, 7) is 2.83. The van der Waals surface area contributed by atoms with Gasteiger partial charge in [-0.15, -0.1) is 0 Å². The van der Waals surface area contributed by atoms with Gasteiger partial charge in [0, 0.05) is 6.61 Å². The first-order valence-corrected chi connectivity index (χ1v) is 5.63. The van der Waals surface area contributed by atoms with Crippen molar-refractivity contribution in [3.8, 4) is 0 Å². The molecule has 0 saturated heterocycles. The summed E-state index contributed by atoms with van der Waals surface area (Å²) in [6, 6.07) is 12.0. The Labute approximate surface area is 97.6 Å². The van der Waals surface area contributed by atoms with Crippen LogP contribution in [0, 0.1) is 0 Å². The molecular formula is C13H21NO2. The van der Waals surface area contributed by atoms with E-state index in [2.05, 4.69) is 6.92 Å². The average molecular weight is 223 g/mol. The normalized spacial score (nSPS) is 9.06. The molecule has 0 aromatic heterocycles. The number of carbonyl (C=O) groups is 1. The lowest BCUT2D eigenvalue weighted by atomic mass is 10.3. The molecule has 0 atom stereocenters. The molecule has 0 bridgehead atoms. The lowest BCUT2D eigenvalue weighted by molar-refractivity contribution is -0.122. The van der Waals surface area contributed by atoms with Gasteiger partial charge in [0.25, 0.3) is 0 Å². The minimum absolute atomic E-state index is 0.0592. The topological polar surface area (TPSA) is 52.3 Å². The number of unbranched alkanes of at least 4 members (excludes halogenated alkanes) is 2. The highest BCUT2D eigenvalue weighted by molar-refractivity contribution is 5.74. The summed E-state index contributed by atoms with van der Waals surface area (Å²) in [6.07, 6.45) is 3.34. The van der Waals surface area contributed by atoms with Crippen molar-refractivity contribution in [3.63, 3.8) is 0 Å². The van der Waals surface area contributed by atoms with Crippen molar-refractivity contribution in [2.75, 3.05) is 13.2 Å². The molecule has 0 aliphatic carbocycles. The van der Waals surface area contributed by atoms with E-state index in [9.17, 15) is 4.79 Å². The molecule has 0 aliphatic heterocycles. The third-order valence-corrected chi connectivity index (χ3v) is 1.80. The van der Waals surface area contributed by atoms with Gasteiger partial charge in [-0.1, -0.05) is 56.2 Å². The molecule has 1 amide bonds. The first kappa shape index (κ1) is 14.6. The van der Waals surface area contributed by atoms with Gasteiger partial charge in [-0.25, -0.2) is 0 Å². The molecule has 1 aromatic rings. The Hall–Kier alpha value is -1.35. The highest BCUT2D eigenvalue weighted by atomic mass is 16.5. The summed E-state index contributed by atoms with van der Waals surface area (Å²) in [5, 5.41) is 0. The van der Waals surface area contributed by atoms with E-state index in [1.807, 2.05) is 36.4 Å². The van der Waals surface area contributed by atoms with E-state index in [1.165, 1.54) is 6.42 Å². The third-order valence-electron chi connectivity index (χ3n) is 1.80. The summed E-state index contributed by atoms with van der Waals surface area (Å²) >= 11 is 0. The Morgan fingerprint density at radius 2 is 1.56 bits per heavy atom. The van der Waals surface area contributed by atoms with E-state index in [1.54, 1.807) is 0 Å². The highest BCUT2D eigenvalue weighted by Gasteiger charge is 1.92. The molecule has 3 heteroatoms. The number of carbonyl (C=O) groups excluding carboxylic acids is 1. The molecule has 0 heterocycles. The number of ether oxygens (including phenoxy) is 1. The SMILES string of the molecule is CCCCCOCC(N)=O.c1ccccc1. The Balaban J connectivity index is 0.000000315. The van der Waals surface area contributed by atoms with Crippen molar-refractivity contribution >= 4 is 5.91 Å². The first-order chi connectivity index (χ1) is 7.77. The van der Waals surface area contributed by atoms with Gasteiger partial charge in [-0.2, -0.15) is 0 Å². The molecule has 0 aliphatic rings. The lowest BCUT2D eigenvalue weighted by Gasteiger charge is -1.98. The Morgan fingerprint density at radius 3 is 1.94 bits per heavy atom. The molecule has 0 saturated carbocycles. The molecule has 1 aromatic carbocycles. The molecule has 0 fully saturated rings. The smallest absolute Gasteiger partial charge is 0.243 e. The number of hydrogen-bond donors (Lipinski definition) is 1. The largest absolute Gasteiger partial charge is 0.372 e. The molecule has 1 rings (SSSR count). The zero-order valence-corrected chi connectivity index (χ0v) is 9.89. The van der Waals surface area contributed by atoms with E-state index >= 15 is 0 Å². The van der Waals surface area contributed by atoms with E-state index in [0.717, 1.165) is 12.8 Å². The number of benzene rings is 1. The Bertz CT molecular complexity index is 223. The van der Waals surface area contributed by atoms with E-state index in [0.29, 0.717) is 6.61 Å². The zero-order valence-electron chi connectivity index (χ0n) is 9.89. The van der Waals surface area contributed by atoms with Gasteiger partial charge < -0.3 is 10.5 Å². The van der Waals surface area contributed by atoms with Crippen LogP contribution >= 0.6 is 0 Å². The Kier molecular flexibility index (Phi) is 10.7. The quantitative estimate of drug-likeness (QED) is 0.753. The monoisotopic (exact) mass is 223 g/mol. The summed E-state index contributed by atoms with van der Waals surface area (Å²) in [7, 11) is 0. The van der Waals surface area contributed by atoms with Gasteiger partial charge in [0.05, 0.1) is 0 Å². The van der Waals surface area contributed by atoms with Gasteiger partial charge >= 0.3 is 0 Å². The van der Waals surface area contributed by atoms with Crippen LogP contribution in [0.5, 0.6) is 0 Å². The predicted molar refractivity (Wildman–Crippen MR) is 66.0 cm³/mol. The minimum atomic E-state index is -0.392. The maximum atomic E-state index is 10.1. The Morgan fingerprint density at radius 1 is 1.06 bits per heavy atom. The van der Waals surface area contributed by atoms with E-state index < -0.39 is 5.91 Å². The summed E-state index contributed by atoms with van der Waals surface area (Å²) in [4.78, 5) is 10.1. The van der Waals surface area contributed by atoms with Gasteiger partial charge in [-0.3, -0.25) is 4.79 Å². The van der Waals surface area contributed by atoms with Crippen molar-refractivity contribution in [1.82, 2.24) is 0 Å². The van der Waals surface area contributed by atoms with Crippen molar-refractivity contribution < 1.29 is 9.53 Å². The maximum absolute atomic E-state index is 10.1. The fourth-order valence-corrected chi connectivity index (χ4v) is 1.01. The van der Waals surface area contributed by atoms with Crippen LogP contribution in [-0.2, 0) is 9.53 Å². The second-order valence-electron chi connectivity index (χ2n) is 3.38. The van der Waals surface area contributed by atoms with Crippen LogP contribution in [0.25, 0.3) is 0 Å². The number of amides is 1. The lowest BCUT2D eigenvalue weighted by Crippen LogP contribution is -2.18. The summed E-state index contributed by atoms with van der Waals surface area (Å²) in [5.74, 6) is -0.392. The zero-order chi connectivity index (χ0) is 12.1. The number of nitrogens with two attached hydrogens (primary N) is 1. The van der Waals surface area contributed by atoms with Crippen LogP contribution in [-0.4, -0.2) is 19.1 Å². The molecule has 3 nitrogen and oxygen atoms in total. The maximum Gasteiger partial charge on any atom is 0.243 e. The molecular weight excluding hydrogens is 202 g/mol. The molecule has 16 heavy (non-hydrogen) atoms. The fourth-order valence-electron chi connectivity index (χ4n) is 1.01. The van der Waals surface area contributed by atoms with Crippen molar-refractivity contribution in [2.24, 2.45) is 5.73 Å². The predicted octanol–water partition coefficient (Wildman–Crippen LogP) is 2.37. The van der Waals surface area contributed by atoms with Crippen LogP contribution in [0.2, 0.25) is 0 Å². The van der Waals surface area contributed by atoms with Crippen molar-refractivity contribution in [1.29, 1.82) is 0 Å². The van der Waals surface area contributed by atoms with Crippen molar-refractivity contribution in [3.05, 3.63) is 36.4 Å². The van der Waals surface area contributed by atoms with Gasteiger partial charge in [0.2, 0.25) is 5.91 Å². The average Bonchev–Trinajstić information content (AvgIpc) is 2.31. The summed E-state index contributed by atoms with van der Waals surface area (Å²) in [5.41, 5.74) is 4.84. The van der Waals surface area contributed by atoms with Gasteiger partial charge in [-0.05, 0) is 6.42 Å². The number of hydrogen-bond acceptors (Lipinski definition) is 2. The standard InChI is InChI=1S/C7H15NO2.C6H6/c1-2-3-4-5-10-6-7(8)9;1-2-4-6-5-3-1/h2-6H2,1H3,(H2,8,9);1-6H. The third kappa shape index (κ3) is 12.7. The molecule has 2 N–H and O–H groups in total. The minimum Gasteiger partial charge on any atom is -0.372 e. The number of rotatable bonds is 6. The second kappa shape index (κ2) is 11.7. The second-order valence-corrected chi connectivity index (χ2v) is 3.38.